The Labute approximate surface area is 127 Å². The Morgan fingerprint density at radius 2 is 2.05 bits per heavy atom. The fourth-order valence-corrected chi connectivity index (χ4v) is 2.78. The van der Waals surface area contributed by atoms with E-state index in [1.54, 1.807) is 6.20 Å². The molecule has 0 aliphatic rings. The summed E-state index contributed by atoms with van der Waals surface area (Å²) >= 11 is 3.48. The quantitative estimate of drug-likeness (QED) is 0.909. The molecular weight excluding hydrogens is 320 g/mol. The molecule has 0 radical (unpaired) electrons. The van der Waals surface area contributed by atoms with Gasteiger partial charge in [0.15, 0.2) is 0 Å². The molecule has 110 valence electrons. The van der Waals surface area contributed by atoms with Gasteiger partial charge in [-0.25, -0.2) is 0 Å². The topological polar surface area (TPSA) is 55.9 Å². The molecule has 5 nitrogen and oxygen atoms in total. The highest BCUT2D eigenvalue weighted by Crippen LogP contribution is 2.30. The zero-order valence-electron chi connectivity index (χ0n) is 12.3. The molecule has 0 aromatic carbocycles. The van der Waals surface area contributed by atoms with Crippen LogP contribution >= 0.6 is 15.9 Å². The van der Waals surface area contributed by atoms with Crippen molar-refractivity contribution in [2.45, 2.75) is 52.8 Å². The zero-order chi connectivity index (χ0) is 14.9. The summed E-state index contributed by atoms with van der Waals surface area (Å²) in [5, 5.41) is 19.6. The zero-order valence-corrected chi connectivity index (χ0v) is 13.9. The average molecular weight is 341 g/mol. The average Bonchev–Trinajstić information content (AvgIpc) is 3.01. The van der Waals surface area contributed by atoms with Gasteiger partial charge in [0.1, 0.15) is 6.10 Å². The molecule has 1 N–H and O–H groups in total. The summed E-state index contributed by atoms with van der Waals surface area (Å²) in [6.07, 6.45) is 1.85. The first-order valence-corrected chi connectivity index (χ1v) is 7.76. The van der Waals surface area contributed by atoms with E-state index in [2.05, 4.69) is 33.1 Å². The molecule has 0 aliphatic carbocycles. The normalized spacial score (nSPS) is 13.2. The van der Waals surface area contributed by atoms with Gasteiger partial charge in [-0.3, -0.25) is 9.36 Å². The molecule has 0 spiro atoms. The fraction of sp³-hybridized carbons (Fsp3) is 0.571. The second-order valence-corrected chi connectivity index (χ2v) is 5.90. The summed E-state index contributed by atoms with van der Waals surface area (Å²) in [5.41, 5.74) is 2.58. The van der Waals surface area contributed by atoms with Crippen molar-refractivity contribution in [3.8, 4) is 0 Å². The van der Waals surface area contributed by atoms with E-state index in [1.807, 2.05) is 36.2 Å². The molecule has 20 heavy (non-hydrogen) atoms. The molecule has 2 aromatic heterocycles. The number of aliphatic hydroxyl groups excluding tert-OH is 1. The lowest BCUT2D eigenvalue weighted by atomic mass is 10.1. The van der Waals surface area contributed by atoms with E-state index in [9.17, 15) is 5.11 Å². The van der Waals surface area contributed by atoms with Crippen molar-refractivity contribution in [1.29, 1.82) is 0 Å². The Morgan fingerprint density at radius 1 is 1.35 bits per heavy atom. The van der Waals surface area contributed by atoms with Gasteiger partial charge >= 0.3 is 0 Å². The minimum atomic E-state index is -0.734. The van der Waals surface area contributed by atoms with E-state index < -0.39 is 6.10 Å². The Hall–Kier alpha value is -1.14. The van der Waals surface area contributed by atoms with E-state index in [1.165, 1.54) is 0 Å². The molecule has 1 unspecified atom stereocenters. The number of rotatable bonds is 5. The van der Waals surface area contributed by atoms with Crippen LogP contribution in [0.5, 0.6) is 0 Å². The fourth-order valence-electron chi connectivity index (χ4n) is 2.29. The van der Waals surface area contributed by atoms with E-state index in [0.717, 1.165) is 34.5 Å². The first-order chi connectivity index (χ1) is 9.49. The lowest BCUT2D eigenvalue weighted by molar-refractivity contribution is 0.193. The molecule has 2 rings (SSSR count). The van der Waals surface area contributed by atoms with Crippen LogP contribution in [-0.2, 0) is 13.0 Å². The predicted molar refractivity (Wildman–Crippen MR) is 81.7 cm³/mol. The number of aliphatic hydroxyl groups is 1. The summed E-state index contributed by atoms with van der Waals surface area (Å²) < 4.78 is 4.52. The lowest BCUT2D eigenvalue weighted by Gasteiger charge is -2.17. The van der Waals surface area contributed by atoms with Gasteiger partial charge in [-0.1, -0.05) is 6.92 Å². The molecule has 2 heterocycles. The van der Waals surface area contributed by atoms with Gasteiger partial charge in [-0.15, -0.1) is 0 Å². The monoisotopic (exact) mass is 340 g/mol. The predicted octanol–water partition coefficient (Wildman–Crippen LogP) is 3.09. The van der Waals surface area contributed by atoms with E-state index in [4.69, 9.17) is 0 Å². The van der Waals surface area contributed by atoms with Crippen molar-refractivity contribution in [3.05, 3.63) is 33.8 Å². The Kier molecular flexibility index (Phi) is 4.65. The largest absolute Gasteiger partial charge is 0.380 e. The molecule has 0 bridgehead atoms. The van der Waals surface area contributed by atoms with Crippen molar-refractivity contribution in [3.63, 3.8) is 0 Å². The van der Waals surface area contributed by atoms with Crippen molar-refractivity contribution in [1.82, 2.24) is 19.6 Å². The van der Waals surface area contributed by atoms with Gasteiger partial charge in [-0.05, 0) is 49.2 Å². The second kappa shape index (κ2) is 6.10. The van der Waals surface area contributed by atoms with Gasteiger partial charge in [0.2, 0.25) is 0 Å². The molecule has 0 aliphatic heterocycles. The van der Waals surface area contributed by atoms with Crippen LogP contribution in [0.4, 0.5) is 0 Å². The summed E-state index contributed by atoms with van der Waals surface area (Å²) in [5.74, 6) is 0. The lowest BCUT2D eigenvalue weighted by Crippen LogP contribution is -2.15. The summed E-state index contributed by atoms with van der Waals surface area (Å²) in [7, 11) is 0. The maximum absolute atomic E-state index is 10.8. The summed E-state index contributed by atoms with van der Waals surface area (Å²) in [4.78, 5) is 0. The molecule has 2 aromatic rings. The SMILES string of the molecule is CCc1cc(C(O)c2c(Br)cnn2C(C)C)n(CC)n1. The van der Waals surface area contributed by atoms with Gasteiger partial charge < -0.3 is 5.11 Å². The highest BCUT2D eigenvalue weighted by atomic mass is 79.9. The maximum Gasteiger partial charge on any atom is 0.138 e. The van der Waals surface area contributed by atoms with Crippen LogP contribution in [0.25, 0.3) is 0 Å². The van der Waals surface area contributed by atoms with E-state index >= 15 is 0 Å². The van der Waals surface area contributed by atoms with Crippen LogP contribution in [0.15, 0.2) is 16.7 Å². The minimum Gasteiger partial charge on any atom is -0.380 e. The smallest absolute Gasteiger partial charge is 0.138 e. The van der Waals surface area contributed by atoms with Crippen molar-refractivity contribution in [2.75, 3.05) is 0 Å². The van der Waals surface area contributed by atoms with Crippen LogP contribution in [0.3, 0.4) is 0 Å². The van der Waals surface area contributed by atoms with Crippen molar-refractivity contribution < 1.29 is 5.11 Å². The molecule has 0 amide bonds. The molecule has 1 atom stereocenters. The third kappa shape index (κ3) is 2.67. The van der Waals surface area contributed by atoms with E-state index in [0.29, 0.717) is 0 Å². The van der Waals surface area contributed by atoms with Crippen molar-refractivity contribution in [2.24, 2.45) is 0 Å². The van der Waals surface area contributed by atoms with Crippen LogP contribution < -0.4 is 0 Å². The third-order valence-electron chi connectivity index (χ3n) is 3.34. The Morgan fingerprint density at radius 3 is 2.60 bits per heavy atom. The number of nitrogens with zero attached hydrogens (tertiary/aromatic N) is 4. The highest BCUT2D eigenvalue weighted by Gasteiger charge is 2.24. The highest BCUT2D eigenvalue weighted by molar-refractivity contribution is 9.10. The number of aryl methyl sites for hydroxylation is 2. The molecule has 0 saturated heterocycles. The van der Waals surface area contributed by atoms with Crippen LogP contribution in [-0.4, -0.2) is 24.7 Å². The number of halogens is 1. The summed E-state index contributed by atoms with van der Waals surface area (Å²) in [6, 6.07) is 2.16. The van der Waals surface area contributed by atoms with Crippen LogP contribution in [0, 0.1) is 0 Å². The minimum absolute atomic E-state index is 0.189. The Balaban J connectivity index is 2.48. The third-order valence-corrected chi connectivity index (χ3v) is 3.95. The first-order valence-electron chi connectivity index (χ1n) is 6.97. The first kappa shape index (κ1) is 15.3. The second-order valence-electron chi connectivity index (χ2n) is 5.05. The Bertz CT molecular complexity index is 588. The molecule has 0 fully saturated rings. The number of hydrogen-bond donors (Lipinski definition) is 1. The van der Waals surface area contributed by atoms with Crippen LogP contribution in [0.2, 0.25) is 0 Å². The van der Waals surface area contributed by atoms with Gasteiger partial charge in [0, 0.05) is 12.6 Å². The van der Waals surface area contributed by atoms with Gasteiger partial charge in [0.25, 0.3) is 0 Å². The van der Waals surface area contributed by atoms with Gasteiger partial charge in [-0.2, -0.15) is 10.2 Å². The number of aromatic nitrogens is 4. The van der Waals surface area contributed by atoms with Crippen LogP contribution in [0.1, 0.15) is 56.9 Å². The molecule has 0 saturated carbocycles. The number of hydrogen-bond acceptors (Lipinski definition) is 3. The molecular formula is C14H21BrN4O. The van der Waals surface area contributed by atoms with Gasteiger partial charge in [0.05, 0.1) is 27.8 Å². The van der Waals surface area contributed by atoms with E-state index in [-0.39, 0.29) is 6.04 Å². The standard InChI is InChI=1S/C14H21BrN4O/c1-5-10-7-12(18(6-2)17-10)14(20)13-11(15)8-16-19(13)9(3)4/h7-9,14,20H,5-6H2,1-4H3. The van der Waals surface area contributed by atoms with Crippen molar-refractivity contribution >= 4 is 15.9 Å². The molecule has 6 heteroatoms. The summed E-state index contributed by atoms with van der Waals surface area (Å²) in [6.45, 7) is 8.92. The maximum atomic E-state index is 10.8.